The number of halogens is 2. The molecule has 2 aromatic carbocycles. The van der Waals surface area contributed by atoms with Gasteiger partial charge in [0.25, 0.3) is 5.91 Å². The zero-order valence-electron chi connectivity index (χ0n) is 17.0. The Morgan fingerprint density at radius 2 is 1.70 bits per heavy atom. The van der Waals surface area contributed by atoms with Gasteiger partial charge in [-0.05, 0) is 31.2 Å². The predicted molar refractivity (Wildman–Crippen MR) is 117 cm³/mol. The lowest BCUT2D eigenvalue weighted by Crippen LogP contribution is -2.15. The highest BCUT2D eigenvalue weighted by molar-refractivity contribution is 6.36. The smallest absolute Gasteiger partial charge is 0.260 e. The number of carbonyl (C=O) groups excluding carboxylic acids is 1. The van der Waals surface area contributed by atoms with Gasteiger partial charge in [-0.15, -0.1) is 0 Å². The van der Waals surface area contributed by atoms with Gasteiger partial charge < -0.3 is 19.5 Å². The SMILES string of the molecule is COc1ccc(C(=O)Nc2cc(C)n(Cc3c(Cl)cccc3Cl)n2)c(OC)c1OC. The van der Waals surface area contributed by atoms with Crippen molar-refractivity contribution in [2.75, 3.05) is 26.6 Å². The second-order valence-electron chi connectivity index (χ2n) is 6.36. The predicted octanol–water partition coefficient (Wildman–Crippen LogP) is 4.82. The summed E-state index contributed by atoms with van der Waals surface area (Å²) < 4.78 is 17.7. The Morgan fingerprint density at radius 3 is 2.30 bits per heavy atom. The number of ether oxygens (including phenoxy) is 3. The first kappa shape index (κ1) is 21.8. The first-order valence-corrected chi connectivity index (χ1v) is 9.72. The number of hydrogen-bond acceptors (Lipinski definition) is 5. The molecule has 0 atom stereocenters. The molecule has 30 heavy (non-hydrogen) atoms. The topological polar surface area (TPSA) is 74.6 Å². The maximum Gasteiger partial charge on any atom is 0.260 e. The van der Waals surface area contributed by atoms with Crippen molar-refractivity contribution < 1.29 is 19.0 Å². The van der Waals surface area contributed by atoms with E-state index in [0.29, 0.717) is 33.9 Å². The van der Waals surface area contributed by atoms with Crippen LogP contribution in [0, 0.1) is 6.92 Å². The normalized spacial score (nSPS) is 10.6. The third kappa shape index (κ3) is 4.32. The van der Waals surface area contributed by atoms with Gasteiger partial charge >= 0.3 is 0 Å². The van der Waals surface area contributed by atoms with E-state index < -0.39 is 5.91 Å². The summed E-state index contributed by atoms with van der Waals surface area (Å²) in [5.74, 6) is 1.06. The second kappa shape index (κ2) is 9.28. The third-order valence-electron chi connectivity index (χ3n) is 4.54. The molecule has 0 saturated heterocycles. The van der Waals surface area contributed by atoms with E-state index in [2.05, 4.69) is 10.4 Å². The van der Waals surface area contributed by atoms with Gasteiger partial charge in [0.15, 0.2) is 17.3 Å². The standard InChI is InChI=1S/C21H21Cl2N3O4/c1-12-10-18(25-26(12)11-14-15(22)6-5-7-16(14)23)24-21(27)13-8-9-17(28-2)20(30-4)19(13)29-3/h5-10H,11H2,1-4H3,(H,24,25,27). The fourth-order valence-corrected chi connectivity index (χ4v) is 3.55. The van der Waals surface area contributed by atoms with Crippen molar-refractivity contribution in [2.24, 2.45) is 0 Å². The molecule has 0 unspecified atom stereocenters. The monoisotopic (exact) mass is 449 g/mol. The molecule has 0 fully saturated rings. The molecule has 0 aliphatic carbocycles. The van der Waals surface area contributed by atoms with Gasteiger partial charge in [0, 0.05) is 27.4 Å². The minimum absolute atomic E-state index is 0.272. The molecule has 1 aromatic heterocycles. The van der Waals surface area contributed by atoms with Crippen LogP contribution in [-0.2, 0) is 6.54 Å². The van der Waals surface area contributed by atoms with Crippen LogP contribution in [0.25, 0.3) is 0 Å². The maximum absolute atomic E-state index is 12.9. The lowest BCUT2D eigenvalue weighted by Gasteiger charge is -2.15. The molecule has 3 rings (SSSR count). The lowest BCUT2D eigenvalue weighted by atomic mass is 10.1. The number of amides is 1. The van der Waals surface area contributed by atoms with Gasteiger partial charge in [0.2, 0.25) is 5.75 Å². The van der Waals surface area contributed by atoms with E-state index in [-0.39, 0.29) is 11.3 Å². The van der Waals surface area contributed by atoms with E-state index in [4.69, 9.17) is 37.4 Å². The van der Waals surface area contributed by atoms with Crippen molar-refractivity contribution >= 4 is 34.9 Å². The molecule has 1 N–H and O–H groups in total. The highest BCUT2D eigenvalue weighted by atomic mass is 35.5. The van der Waals surface area contributed by atoms with Crippen LogP contribution in [-0.4, -0.2) is 37.0 Å². The van der Waals surface area contributed by atoms with Gasteiger partial charge in [-0.2, -0.15) is 5.10 Å². The van der Waals surface area contributed by atoms with E-state index >= 15 is 0 Å². The number of carbonyl (C=O) groups is 1. The second-order valence-corrected chi connectivity index (χ2v) is 7.18. The Labute approximate surface area is 184 Å². The van der Waals surface area contributed by atoms with Crippen LogP contribution in [0.5, 0.6) is 17.2 Å². The molecule has 9 heteroatoms. The highest BCUT2D eigenvalue weighted by Crippen LogP contribution is 2.40. The number of hydrogen-bond donors (Lipinski definition) is 1. The lowest BCUT2D eigenvalue weighted by molar-refractivity contribution is 0.102. The average molecular weight is 450 g/mol. The zero-order chi connectivity index (χ0) is 21.8. The van der Waals surface area contributed by atoms with Crippen molar-refractivity contribution in [2.45, 2.75) is 13.5 Å². The van der Waals surface area contributed by atoms with Crippen molar-refractivity contribution in [3.63, 3.8) is 0 Å². The molecule has 0 spiro atoms. The number of rotatable bonds is 7. The number of anilines is 1. The molecule has 1 amide bonds. The molecular weight excluding hydrogens is 429 g/mol. The molecule has 1 heterocycles. The van der Waals surface area contributed by atoms with Gasteiger partial charge in [-0.25, -0.2) is 0 Å². The largest absolute Gasteiger partial charge is 0.493 e. The molecule has 7 nitrogen and oxygen atoms in total. The molecule has 3 aromatic rings. The van der Waals surface area contributed by atoms with E-state index in [0.717, 1.165) is 11.3 Å². The Hall–Kier alpha value is -2.90. The van der Waals surface area contributed by atoms with Crippen LogP contribution in [0.2, 0.25) is 10.0 Å². The summed E-state index contributed by atoms with van der Waals surface area (Å²) in [5.41, 5.74) is 1.88. The number of aryl methyl sites for hydroxylation is 1. The van der Waals surface area contributed by atoms with E-state index in [1.54, 1.807) is 41.1 Å². The first-order valence-electron chi connectivity index (χ1n) is 8.97. The van der Waals surface area contributed by atoms with Gasteiger partial charge in [0.1, 0.15) is 0 Å². The molecule has 0 bridgehead atoms. The van der Waals surface area contributed by atoms with Gasteiger partial charge in [-0.1, -0.05) is 29.3 Å². The summed E-state index contributed by atoms with van der Waals surface area (Å²) in [6.07, 6.45) is 0. The number of methoxy groups -OCH3 is 3. The van der Waals surface area contributed by atoms with Crippen molar-refractivity contribution in [1.82, 2.24) is 9.78 Å². The van der Waals surface area contributed by atoms with E-state index in [1.807, 2.05) is 6.92 Å². The summed E-state index contributed by atoms with van der Waals surface area (Å²) in [6, 6.07) is 10.3. The quantitative estimate of drug-likeness (QED) is 0.559. The van der Waals surface area contributed by atoms with Gasteiger partial charge in [-0.3, -0.25) is 9.48 Å². The molecular formula is C21H21Cl2N3O4. The fraction of sp³-hybridized carbons (Fsp3) is 0.238. The van der Waals surface area contributed by atoms with Crippen molar-refractivity contribution in [3.8, 4) is 17.2 Å². The molecule has 0 radical (unpaired) electrons. The molecule has 0 aliphatic heterocycles. The van der Waals surface area contributed by atoms with Crippen LogP contribution in [0.4, 0.5) is 5.82 Å². The fourth-order valence-electron chi connectivity index (χ4n) is 3.03. The van der Waals surface area contributed by atoms with Crippen LogP contribution in [0.15, 0.2) is 36.4 Å². The van der Waals surface area contributed by atoms with Crippen molar-refractivity contribution in [1.29, 1.82) is 0 Å². The number of nitrogens with one attached hydrogen (secondary N) is 1. The van der Waals surface area contributed by atoms with Crippen LogP contribution in [0.1, 0.15) is 21.6 Å². The Balaban J connectivity index is 1.86. The van der Waals surface area contributed by atoms with E-state index in [1.165, 1.54) is 21.3 Å². The van der Waals surface area contributed by atoms with Crippen LogP contribution < -0.4 is 19.5 Å². The van der Waals surface area contributed by atoms with Crippen molar-refractivity contribution in [3.05, 3.63) is 63.3 Å². The summed E-state index contributed by atoms with van der Waals surface area (Å²) in [5, 5.41) is 8.35. The van der Waals surface area contributed by atoms with E-state index in [9.17, 15) is 4.79 Å². The molecule has 0 aliphatic rings. The Kier molecular flexibility index (Phi) is 6.74. The first-order chi connectivity index (χ1) is 14.4. The summed E-state index contributed by atoms with van der Waals surface area (Å²) in [7, 11) is 4.45. The summed E-state index contributed by atoms with van der Waals surface area (Å²) >= 11 is 12.5. The molecule has 0 saturated carbocycles. The minimum Gasteiger partial charge on any atom is -0.493 e. The zero-order valence-corrected chi connectivity index (χ0v) is 18.5. The molecule has 158 valence electrons. The Bertz CT molecular complexity index is 1060. The number of nitrogens with zero attached hydrogens (tertiary/aromatic N) is 2. The third-order valence-corrected chi connectivity index (χ3v) is 5.25. The van der Waals surface area contributed by atoms with Gasteiger partial charge in [0.05, 0.1) is 33.4 Å². The summed E-state index contributed by atoms with van der Waals surface area (Å²) in [6.45, 7) is 2.25. The Morgan fingerprint density at radius 1 is 1.03 bits per heavy atom. The van der Waals surface area contributed by atoms with Crippen LogP contribution >= 0.6 is 23.2 Å². The average Bonchev–Trinajstić information content (AvgIpc) is 3.07. The number of benzene rings is 2. The van der Waals surface area contributed by atoms with Crippen LogP contribution in [0.3, 0.4) is 0 Å². The highest BCUT2D eigenvalue weighted by Gasteiger charge is 2.21. The minimum atomic E-state index is -0.395. The summed E-state index contributed by atoms with van der Waals surface area (Å²) in [4.78, 5) is 12.9. The number of aromatic nitrogens is 2. The maximum atomic E-state index is 12.9.